The van der Waals surface area contributed by atoms with Crippen molar-refractivity contribution in [2.45, 2.75) is 20.4 Å². The number of aryl methyl sites for hydroxylation is 1. The summed E-state index contributed by atoms with van der Waals surface area (Å²) in [5.41, 5.74) is 2.90. The summed E-state index contributed by atoms with van der Waals surface area (Å²) >= 11 is 0. The van der Waals surface area contributed by atoms with E-state index in [0.29, 0.717) is 23.5 Å². The standard InChI is InChI=1S/C20H21N5O2/c1-14-6-8-16(9-7-14)20(27)24-18-5-3-4-17(10-18)23-19(26)15(2)11-25-13-21-12-22-25/h3-10,12-13,15H,11H2,1-2H3,(H,23,26)(H,24,27)/t15-/m0/s1. The first-order chi connectivity index (χ1) is 13.0. The van der Waals surface area contributed by atoms with Gasteiger partial charge in [-0.2, -0.15) is 5.10 Å². The van der Waals surface area contributed by atoms with E-state index in [1.54, 1.807) is 47.4 Å². The van der Waals surface area contributed by atoms with Gasteiger partial charge in [0.15, 0.2) is 0 Å². The van der Waals surface area contributed by atoms with E-state index in [-0.39, 0.29) is 17.7 Å². The van der Waals surface area contributed by atoms with Crippen LogP contribution in [0.4, 0.5) is 11.4 Å². The second-order valence-electron chi connectivity index (χ2n) is 6.41. The number of benzene rings is 2. The monoisotopic (exact) mass is 363 g/mol. The van der Waals surface area contributed by atoms with Crippen LogP contribution in [0.2, 0.25) is 0 Å². The lowest BCUT2D eigenvalue weighted by Gasteiger charge is -2.13. The van der Waals surface area contributed by atoms with E-state index in [4.69, 9.17) is 0 Å². The molecule has 0 aliphatic heterocycles. The van der Waals surface area contributed by atoms with E-state index in [1.165, 1.54) is 6.33 Å². The molecular formula is C20H21N5O2. The van der Waals surface area contributed by atoms with Crippen LogP contribution in [0.5, 0.6) is 0 Å². The molecule has 7 heteroatoms. The molecule has 1 heterocycles. The third-order valence-electron chi connectivity index (χ3n) is 4.08. The lowest BCUT2D eigenvalue weighted by molar-refractivity contribution is -0.119. The zero-order valence-corrected chi connectivity index (χ0v) is 15.2. The quantitative estimate of drug-likeness (QED) is 0.704. The van der Waals surface area contributed by atoms with Gasteiger partial charge in [-0.05, 0) is 37.3 Å². The van der Waals surface area contributed by atoms with Crippen LogP contribution in [0.1, 0.15) is 22.8 Å². The van der Waals surface area contributed by atoms with E-state index >= 15 is 0 Å². The van der Waals surface area contributed by atoms with Crippen molar-refractivity contribution in [3.8, 4) is 0 Å². The smallest absolute Gasteiger partial charge is 0.255 e. The van der Waals surface area contributed by atoms with E-state index < -0.39 is 0 Å². The van der Waals surface area contributed by atoms with E-state index in [2.05, 4.69) is 20.7 Å². The van der Waals surface area contributed by atoms with Gasteiger partial charge in [-0.1, -0.05) is 30.7 Å². The summed E-state index contributed by atoms with van der Waals surface area (Å²) in [4.78, 5) is 28.6. The van der Waals surface area contributed by atoms with Crippen LogP contribution in [0.3, 0.4) is 0 Å². The maximum Gasteiger partial charge on any atom is 0.255 e. The normalized spacial score (nSPS) is 11.6. The van der Waals surface area contributed by atoms with Crippen molar-refractivity contribution in [3.05, 3.63) is 72.3 Å². The van der Waals surface area contributed by atoms with Crippen molar-refractivity contribution in [3.63, 3.8) is 0 Å². The molecule has 2 amide bonds. The molecule has 2 aromatic carbocycles. The van der Waals surface area contributed by atoms with Gasteiger partial charge < -0.3 is 10.6 Å². The minimum atomic E-state index is -0.280. The molecule has 0 bridgehead atoms. The number of rotatable bonds is 6. The van der Waals surface area contributed by atoms with Gasteiger partial charge >= 0.3 is 0 Å². The molecule has 0 unspecified atom stereocenters. The Morgan fingerprint density at radius 3 is 2.44 bits per heavy atom. The number of nitrogens with zero attached hydrogens (tertiary/aromatic N) is 3. The average molecular weight is 363 g/mol. The van der Waals surface area contributed by atoms with Crippen molar-refractivity contribution in [1.29, 1.82) is 0 Å². The summed E-state index contributed by atoms with van der Waals surface area (Å²) in [7, 11) is 0. The maximum absolute atomic E-state index is 12.4. The molecule has 138 valence electrons. The largest absolute Gasteiger partial charge is 0.326 e. The lowest BCUT2D eigenvalue weighted by atomic mass is 10.1. The van der Waals surface area contributed by atoms with Crippen molar-refractivity contribution >= 4 is 23.2 Å². The highest BCUT2D eigenvalue weighted by atomic mass is 16.2. The van der Waals surface area contributed by atoms with Gasteiger partial charge in [0.25, 0.3) is 5.91 Å². The molecule has 0 aliphatic carbocycles. The summed E-state index contributed by atoms with van der Waals surface area (Å²) < 4.78 is 1.61. The lowest BCUT2D eigenvalue weighted by Crippen LogP contribution is -2.24. The van der Waals surface area contributed by atoms with E-state index in [1.807, 2.05) is 26.0 Å². The molecule has 0 saturated carbocycles. The van der Waals surface area contributed by atoms with Crippen LogP contribution in [-0.2, 0) is 11.3 Å². The molecule has 3 aromatic rings. The summed E-state index contributed by atoms with van der Waals surface area (Å²) in [6.45, 7) is 4.23. The molecule has 1 aromatic heterocycles. The maximum atomic E-state index is 12.4. The predicted octanol–water partition coefficient (Wildman–Crippen LogP) is 3.11. The molecule has 0 saturated heterocycles. The SMILES string of the molecule is Cc1ccc(C(=O)Nc2cccc(NC(=O)[C@@H](C)Cn3cncn3)c2)cc1. The fourth-order valence-corrected chi connectivity index (χ4v) is 2.54. The summed E-state index contributed by atoms with van der Waals surface area (Å²) in [5.74, 6) is -0.608. The average Bonchev–Trinajstić information content (AvgIpc) is 3.15. The van der Waals surface area contributed by atoms with Crippen molar-refractivity contribution < 1.29 is 9.59 Å². The van der Waals surface area contributed by atoms with Crippen LogP contribution >= 0.6 is 0 Å². The number of hydrogen-bond acceptors (Lipinski definition) is 4. The Balaban J connectivity index is 1.62. The Labute approximate surface area is 157 Å². The molecule has 2 N–H and O–H groups in total. The fraction of sp³-hybridized carbons (Fsp3) is 0.200. The van der Waals surface area contributed by atoms with E-state index in [0.717, 1.165) is 5.56 Å². The number of hydrogen-bond donors (Lipinski definition) is 2. The Morgan fingerprint density at radius 1 is 1.07 bits per heavy atom. The van der Waals surface area contributed by atoms with Crippen LogP contribution in [0, 0.1) is 12.8 Å². The van der Waals surface area contributed by atoms with Crippen LogP contribution in [0.15, 0.2) is 61.2 Å². The first-order valence-corrected chi connectivity index (χ1v) is 8.62. The van der Waals surface area contributed by atoms with Crippen LogP contribution in [-0.4, -0.2) is 26.6 Å². The second-order valence-corrected chi connectivity index (χ2v) is 6.41. The van der Waals surface area contributed by atoms with Gasteiger partial charge in [0.05, 0.1) is 12.5 Å². The van der Waals surface area contributed by atoms with Gasteiger partial charge in [-0.3, -0.25) is 14.3 Å². The number of nitrogens with one attached hydrogen (secondary N) is 2. The predicted molar refractivity (Wildman–Crippen MR) is 103 cm³/mol. The topological polar surface area (TPSA) is 88.9 Å². The molecular weight excluding hydrogens is 342 g/mol. The highest BCUT2D eigenvalue weighted by molar-refractivity contribution is 6.04. The molecule has 7 nitrogen and oxygen atoms in total. The summed E-state index contributed by atoms with van der Waals surface area (Å²) in [6, 6.07) is 14.4. The molecule has 3 rings (SSSR count). The van der Waals surface area contributed by atoms with Gasteiger partial charge in [0.2, 0.25) is 5.91 Å². The molecule has 0 aliphatic rings. The Morgan fingerprint density at radius 2 is 1.78 bits per heavy atom. The van der Waals surface area contributed by atoms with Crippen molar-refractivity contribution in [2.24, 2.45) is 5.92 Å². The Kier molecular flexibility index (Phi) is 5.61. The van der Waals surface area contributed by atoms with Gasteiger partial charge in [0, 0.05) is 16.9 Å². The zero-order valence-electron chi connectivity index (χ0n) is 15.2. The molecule has 27 heavy (non-hydrogen) atoms. The molecule has 1 atom stereocenters. The number of carbonyl (C=O) groups is 2. The van der Waals surface area contributed by atoms with Crippen molar-refractivity contribution in [2.75, 3.05) is 10.6 Å². The minimum absolute atomic E-state index is 0.132. The Hall–Kier alpha value is -3.48. The molecule has 0 spiro atoms. The number of carbonyl (C=O) groups excluding carboxylic acids is 2. The highest BCUT2D eigenvalue weighted by Gasteiger charge is 2.14. The van der Waals surface area contributed by atoms with Crippen molar-refractivity contribution in [1.82, 2.24) is 14.8 Å². The van der Waals surface area contributed by atoms with Gasteiger partial charge in [-0.25, -0.2) is 4.98 Å². The fourth-order valence-electron chi connectivity index (χ4n) is 2.54. The van der Waals surface area contributed by atoms with E-state index in [9.17, 15) is 9.59 Å². The summed E-state index contributed by atoms with van der Waals surface area (Å²) in [5, 5.41) is 9.71. The second kappa shape index (κ2) is 8.27. The first-order valence-electron chi connectivity index (χ1n) is 8.62. The number of anilines is 2. The van der Waals surface area contributed by atoms with Gasteiger partial charge in [0.1, 0.15) is 12.7 Å². The number of aromatic nitrogens is 3. The first kappa shape index (κ1) is 18.3. The minimum Gasteiger partial charge on any atom is -0.326 e. The van der Waals surface area contributed by atoms with Crippen LogP contribution < -0.4 is 10.6 Å². The third-order valence-corrected chi connectivity index (χ3v) is 4.08. The van der Waals surface area contributed by atoms with Gasteiger partial charge in [-0.15, -0.1) is 0 Å². The molecule has 0 radical (unpaired) electrons. The number of amides is 2. The zero-order chi connectivity index (χ0) is 19.2. The third kappa shape index (κ3) is 5.01. The highest BCUT2D eigenvalue weighted by Crippen LogP contribution is 2.17. The summed E-state index contributed by atoms with van der Waals surface area (Å²) in [6.07, 6.45) is 3.01. The van der Waals surface area contributed by atoms with Crippen LogP contribution in [0.25, 0.3) is 0 Å². The molecule has 0 fully saturated rings. The Bertz CT molecular complexity index is 920.